The average Bonchev–Trinajstić information content (AvgIpc) is 2.49. The zero-order chi connectivity index (χ0) is 15.2. The summed E-state index contributed by atoms with van der Waals surface area (Å²) in [5.41, 5.74) is 7.98. The first-order chi connectivity index (χ1) is 10.1. The van der Waals surface area contributed by atoms with Crippen molar-refractivity contribution in [3.05, 3.63) is 29.8 Å². The van der Waals surface area contributed by atoms with Gasteiger partial charge in [-0.3, -0.25) is 9.69 Å². The number of aryl methyl sites for hydroxylation is 1. The molecule has 0 radical (unpaired) electrons. The van der Waals surface area contributed by atoms with Crippen LogP contribution in [0.25, 0.3) is 0 Å². The minimum absolute atomic E-state index is 0.0501. The maximum absolute atomic E-state index is 12.2. The lowest BCUT2D eigenvalue weighted by Crippen LogP contribution is -2.51. The van der Waals surface area contributed by atoms with E-state index in [1.54, 1.807) is 0 Å². The van der Waals surface area contributed by atoms with E-state index in [1.165, 1.54) is 12.0 Å². The van der Waals surface area contributed by atoms with Crippen molar-refractivity contribution < 1.29 is 4.79 Å². The molecule has 4 heteroatoms. The molecule has 0 saturated carbocycles. The molecule has 0 bridgehead atoms. The Morgan fingerprint density at radius 1 is 1.38 bits per heavy atom. The van der Waals surface area contributed by atoms with Crippen LogP contribution in [0.2, 0.25) is 0 Å². The number of hydrogen-bond acceptors (Lipinski definition) is 3. The van der Waals surface area contributed by atoms with Crippen LogP contribution in [0.1, 0.15) is 31.7 Å². The lowest BCUT2D eigenvalue weighted by atomic mass is 9.87. The number of hydrogen-bond donors (Lipinski definition) is 2. The summed E-state index contributed by atoms with van der Waals surface area (Å²) in [6, 6.07) is 8.24. The van der Waals surface area contributed by atoms with E-state index in [-0.39, 0.29) is 5.91 Å². The minimum Gasteiger partial charge on any atom is -0.329 e. The van der Waals surface area contributed by atoms with E-state index in [0.29, 0.717) is 25.0 Å². The van der Waals surface area contributed by atoms with Gasteiger partial charge in [-0.2, -0.15) is 0 Å². The fourth-order valence-electron chi connectivity index (χ4n) is 3.25. The van der Waals surface area contributed by atoms with Crippen LogP contribution in [0, 0.1) is 12.8 Å². The summed E-state index contributed by atoms with van der Waals surface area (Å²) >= 11 is 0. The number of piperidine rings is 1. The van der Waals surface area contributed by atoms with E-state index in [2.05, 4.69) is 17.1 Å². The summed E-state index contributed by atoms with van der Waals surface area (Å²) in [7, 11) is 0. The zero-order valence-electron chi connectivity index (χ0n) is 13.1. The van der Waals surface area contributed by atoms with Gasteiger partial charge < -0.3 is 11.1 Å². The third-order valence-electron chi connectivity index (χ3n) is 4.48. The number of rotatable bonds is 5. The van der Waals surface area contributed by atoms with Gasteiger partial charge in [0.1, 0.15) is 0 Å². The molecule has 3 N–H and O–H groups in total. The highest BCUT2D eigenvalue weighted by molar-refractivity contribution is 5.92. The predicted molar refractivity (Wildman–Crippen MR) is 87.2 cm³/mol. The molecule has 1 heterocycles. The SMILES string of the molecule is CCC1CCCN(CC(=O)Nc2ccc(C)cc2)C1CN. The third kappa shape index (κ3) is 4.29. The van der Waals surface area contributed by atoms with E-state index >= 15 is 0 Å². The molecule has 2 atom stereocenters. The molecule has 2 unspecified atom stereocenters. The van der Waals surface area contributed by atoms with Gasteiger partial charge in [-0.1, -0.05) is 31.0 Å². The summed E-state index contributed by atoms with van der Waals surface area (Å²) in [4.78, 5) is 14.5. The Labute approximate surface area is 127 Å². The number of carbonyl (C=O) groups is 1. The van der Waals surface area contributed by atoms with Crippen molar-refractivity contribution in [1.29, 1.82) is 0 Å². The van der Waals surface area contributed by atoms with Crippen LogP contribution in [0.15, 0.2) is 24.3 Å². The smallest absolute Gasteiger partial charge is 0.238 e. The van der Waals surface area contributed by atoms with Crippen molar-refractivity contribution in [1.82, 2.24) is 4.90 Å². The Hall–Kier alpha value is -1.39. The van der Waals surface area contributed by atoms with Gasteiger partial charge in [0.05, 0.1) is 6.54 Å². The van der Waals surface area contributed by atoms with Gasteiger partial charge in [-0.25, -0.2) is 0 Å². The van der Waals surface area contributed by atoms with Gasteiger partial charge in [-0.15, -0.1) is 0 Å². The van der Waals surface area contributed by atoms with Crippen molar-refractivity contribution in [3.8, 4) is 0 Å². The number of likely N-dealkylation sites (tertiary alicyclic amines) is 1. The first kappa shape index (κ1) is 16.0. The molecule has 116 valence electrons. The highest BCUT2D eigenvalue weighted by Gasteiger charge is 2.30. The molecule has 0 spiro atoms. The van der Waals surface area contributed by atoms with E-state index in [9.17, 15) is 4.79 Å². The van der Waals surface area contributed by atoms with Crippen molar-refractivity contribution >= 4 is 11.6 Å². The number of nitrogens with zero attached hydrogens (tertiary/aromatic N) is 1. The Kier molecular flexibility index (Phi) is 5.76. The van der Waals surface area contributed by atoms with E-state index in [0.717, 1.165) is 25.1 Å². The van der Waals surface area contributed by atoms with Crippen LogP contribution in [0.3, 0.4) is 0 Å². The molecule has 4 nitrogen and oxygen atoms in total. The highest BCUT2D eigenvalue weighted by atomic mass is 16.2. The fraction of sp³-hybridized carbons (Fsp3) is 0.588. The summed E-state index contributed by atoms with van der Waals surface area (Å²) in [5.74, 6) is 0.671. The molecule has 1 aliphatic heterocycles. The molecule has 1 aromatic carbocycles. The maximum atomic E-state index is 12.2. The van der Waals surface area contributed by atoms with Gasteiger partial charge in [0.2, 0.25) is 5.91 Å². The van der Waals surface area contributed by atoms with Gasteiger partial charge in [0.25, 0.3) is 0 Å². The number of carbonyl (C=O) groups excluding carboxylic acids is 1. The Morgan fingerprint density at radius 2 is 2.10 bits per heavy atom. The summed E-state index contributed by atoms with van der Waals surface area (Å²) in [6.45, 7) is 6.29. The number of nitrogens with one attached hydrogen (secondary N) is 1. The van der Waals surface area contributed by atoms with Crippen LogP contribution < -0.4 is 11.1 Å². The van der Waals surface area contributed by atoms with E-state index in [1.807, 2.05) is 31.2 Å². The molecule has 1 aromatic rings. The van der Waals surface area contributed by atoms with Crippen molar-refractivity contribution in [3.63, 3.8) is 0 Å². The second-order valence-corrected chi connectivity index (χ2v) is 6.00. The number of benzene rings is 1. The van der Waals surface area contributed by atoms with E-state index in [4.69, 9.17) is 5.73 Å². The standard InChI is InChI=1S/C17H27N3O/c1-3-14-5-4-10-20(16(14)11-18)12-17(21)19-15-8-6-13(2)7-9-15/h6-9,14,16H,3-5,10-12,18H2,1-2H3,(H,19,21). The molecule has 1 amide bonds. The topological polar surface area (TPSA) is 58.4 Å². The molecular weight excluding hydrogens is 262 g/mol. The van der Waals surface area contributed by atoms with Crippen LogP contribution in [-0.2, 0) is 4.79 Å². The molecule has 1 saturated heterocycles. The molecule has 1 aliphatic rings. The Bertz CT molecular complexity index is 458. The summed E-state index contributed by atoms with van der Waals surface area (Å²) < 4.78 is 0. The monoisotopic (exact) mass is 289 g/mol. The molecule has 0 aliphatic carbocycles. The second kappa shape index (κ2) is 7.57. The Morgan fingerprint density at radius 3 is 2.71 bits per heavy atom. The van der Waals surface area contributed by atoms with Gasteiger partial charge >= 0.3 is 0 Å². The number of amides is 1. The lowest BCUT2D eigenvalue weighted by Gasteiger charge is -2.40. The van der Waals surface area contributed by atoms with Crippen LogP contribution in [0.5, 0.6) is 0 Å². The maximum Gasteiger partial charge on any atom is 0.238 e. The summed E-state index contributed by atoms with van der Waals surface area (Å²) in [5, 5.41) is 2.97. The predicted octanol–water partition coefficient (Wildman–Crippen LogP) is 2.38. The lowest BCUT2D eigenvalue weighted by molar-refractivity contribution is -0.118. The molecule has 1 fully saturated rings. The third-order valence-corrected chi connectivity index (χ3v) is 4.48. The van der Waals surface area contributed by atoms with Gasteiger partial charge in [0.15, 0.2) is 0 Å². The normalized spacial score (nSPS) is 23.0. The van der Waals surface area contributed by atoms with Crippen molar-refractivity contribution in [2.45, 2.75) is 39.2 Å². The molecule has 21 heavy (non-hydrogen) atoms. The number of nitrogens with two attached hydrogens (primary N) is 1. The van der Waals surface area contributed by atoms with Crippen LogP contribution >= 0.6 is 0 Å². The second-order valence-electron chi connectivity index (χ2n) is 6.00. The van der Waals surface area contributed by atoms with E-state index < -0.39 is 0 Å². The van der Waals surface area contributed by atoms with Crippen LogP contribution in [0.4, 0.5) is 5.69 Å². The average molecular weight is 289 g/mol. The Balaban J connectivity index is 1.93. The highest BCUT2D eigenvalue weighted by Crippen LogP contribution is 2.25. The molecule has 2 rings (SSSR count). The molecule has 0 aromatic heterocycles. The minimum atomic E-state index is 0.0501. The summed E-state index contributed by atoms with van der Waals surface area (Å²) in [6.07, 6.45) is 3.53. The van der Waals surface area contributed by atoms with Gasteiger partial charge in [-0.05, 0) is 44.4 Å². The zero-order valence-corrected chi connectivity index (χ0v) is 13.1. The molecular formula is C17H27N3O. The number of anilines is 1. The largest absolute Gasteiger partial charge is 0.329 e. The first-order valence-corrected chi connectivity index (χ1v) is 7.94. The van der Waals surface area contributed by atoms with Gasteiger partial charge in [0, 0.05) is 18.3 Å². The first-order valence-electron chi connectivity index (χ1n) is 7.94. The van der Waals surface area contributed by atoms with Crippen LogP contribution in [-0.4, -0.2) is 36.5 Å². The quantitative estimate of drug-likeness (QED) is 0.875. The van der Waals surface area contributed by atoms with Crippen molar-refractivity contribution in [2.24, 2.45) is 11.7 Å². The van der Waals surface area contributed by atoms with Crippen molar-refractivity contribution in [2.75, 3.05) is 25.0 Å². The fourth-order valence-corrected chi connectivity index (χ4v) is 3.25.